The van der Waals surface area contributed by atoms with E-state index in [0.717, 1.165) is 92.5 Å². The van der Waals surface area contributed by atoms with Crippen molar-refractivity contribution in [1.82, 2.24) is 90.4 Å². The lowest BCUT2D eigenvalue weighted by atomic mass is 9.75. The number of benzene rings is 2. The first-order valence-corrected chi connectivity index (χ1v) is 32.2. The maximum Gasteiger partial charge on any atom is 0.488 e. The normalized spacial score (nSPS) is 11.1. The fourth-order valence-electron chi connectivity index (χ4n) is 8.56. The van der Waals surface area contributed by atoms with Crippen molar-refractivity contribution in [1.29, 1.82) is 0 Å². The number of Topliss-reactive ketones (excluding diaryl/α,β-unsaturated/α-hetero) is 1. The number of ketones is 1. The molecule has 0 spiro atoms. The molecule has 11 aromatic rings. The summed E-state index contributed by atoms with van der Waals surface area (Å²) in [7, 11) is 6.40. The SMILES string of the molecule is CCC(=O)c1cnc(Cl)cc1Cl.CCc1[nH]nc2cc(Cl)ncc12.CCc1c(B(O)O)cccc1-c1nnn(C)n1.CCc1nn(-c2cccc(-c3nnn(C)n3)c2OC)c2cc(Cl)ncc12.CON(C)C(=O)c1cnc(Cl)cc1Cl.NC(=O)C1CC1.O=C(O)c1cnc(Cl)cc1Cl. The molecule has 98 heavy (non-hydrogen) atoms. The van der Waals surface area contributed by atoms with Crippen molar-refractivity contribution in [3.05, 3.63) is 172 Å². The zero-order chi connectivity index (χ0) is 72.1. The van der Waals surface area contributed by atoms with E-state index in [0.29, 0.717) is 61.7 Å². The van der Waals surface area contributed by atoms with E-state index in [2.05, 4.69) is 79.8 Å². The average Bonchev–Trinajstić information content (AvgIpc) is 1.58. The van der Waals surface area contributed by atoms with Gasteiger partial charge in [-0.2, -0.15) is 19.8 Å². The Bertz CT molecular complexity index is 4580. The summed E-state index contributed by atoms with van der Waals surface area (Å²) in [5, 5.41) is 68.4. The van der Waals surface area contributed by atoms with Gasteiger partial charge >= 0.3 is 13.1 Å². The van der Waals surface area contributed by atoms with Gasteiger partial charge in [0.25, 0.3) is 5.91 Å². The minimum atomic E-state index is -1.48. The molecule has 514 valence electrons. The molecule has 9 aromatic heterocycles. The summed E-state index contributed by atoms with van der Waals surface area (Å²) >= 11 is 45.5. The number of aromatic nitrogens is 17. The van der Waals surface area contributed by atoms with Gasteiger partial charge in [-0.05, 0) is 83.9 Å². The number of tetrazole rings is 2. The summed E-state index contributed by atoms with van der Waals surface area (Å²) in [4.78, 5) is 69.8. The first kappa shape index (κ1) is 78.4. The zero-order valence-corrected chi connectivity index (χ0v) is 59.7. The van der Waals surface area contributed by atoms with E-state index in [1.54, 1.807) is 64.8 Å². The molecular formula is C61H62BCl8N19O9. The molecule has 0 bridgehead atoms. The third-order valence-electron chi connectivity index (χ3n) is 13.6. The van der Waals surface area contributed by atoms with Crippen LogP contribution in [0.5, 0.6) is 5.75 Å². The van der Waals surface area contributed by atoms with E-state index in [9.17, 15) is 29.2 Å². The molecule has 2 aromatic carbocycles. The lowest BCUT2D eigenvalue weighted by molar-refractivity contribution is -0.119. The van der Waals surface area contributed by atoms with Crippen molar-refractivity contribution < 1.29 is 43.9 Å². The van der Waals surface area contributed by atoms with Gasteiger partial charge in [0.05, 0.1) is 82.4 Å². The Morgan fingerprint density at radius 1 is 0.653 bits per heavy atom. The second kappa shape index (κ2) is 37.4. The Morgan fingerprint density at radius 3 is 1.62 bits per heavy atom. The second-order valence-corrected chi connectivity index (χ2v) is 23.3. The maximum absolute atomic E-state index is 11.5. The number of nitrogens with two attached hydrogens (primary N) is 1. The Labute approximate surface area is 600 Å². The van der Waals surface area contributed by atoms with Gasteiger partial charge in [-0.1, -0.05) is 145 Å². The van der Waals surface area contributed by atoms with Crippen molar-refractivity contribution >= 4 is 151 Å². The molecule has 1 saturated carbocycles. The van der Waals surface area contributed by atoms with Crippen LogP contribution in [0.25, 0.3) is 50.3 Å². The van der Waals surface area contributed by atoms with Crippen molar-refractivity contribution in [2.45, 2.75) is 66.2 Å². The van der Waals surface area contributed by atoms with Crippen LogP contribution in [0.1, 0.15) is 95.0 Å². The number of carbonyl (C=O) groups is 4. The number of fused-ring (bicyclic) bond motifs is 2. The van der Waals surface area contributed by atoms with Crippen LogP contribution >= 0.6 is 92.8 Å². The van der Waals surface area contributed by atoms with Crippen molar-refractivity contribution in [3.63, 3.8) is 0 Å². The highest BCUT2D eigenvalue weighted by atomic mass is 35.5. The molecule has 9 heterocycles. The van der Waals surface area contributed by atoms with E-state index in [4.69, 9.17) is 118 Å². The molecule has 1 aliphatic rings. The molecular weight excluding hydrogens is 1440 g/mol. The minimum Gasteiger partial charge on any atom is -0.494 e. The van der Waals surface area contributed by atoms with Crippen molar-refractivity contribution in [2.75, 3.05) is 21.3 Å². The van der Waals surface area contributed by atoms with Gasteiger partial charge in [-0.3, -0.25) is 24.3 Å². The van der Waals surface area contributed by atoms with Crippen LogP contribution in [-0.4, -0.2) is 157 Å². The molecule has 0 saturated heterocycles. The number of methoxy groups -OCH3 is 1. The lowest BCUT2D eigenvalue weighted by Crippen LogP contribution is -2.33. The largest absolute Gasteiger partial charge is 0.494 e. The molecule has 28 nitrogen and oxygen atoms in total. The number of hydrogen-bond acceptors (Lipinski definition) is 21. The van der Waals surface area contributed by atoms with Gasteiger partial charge in [-0.25, -0.2) is 39.5 Å². The van der Waals surface area contributed by atoms with Crippen molar-refractivity contribution in [3.8, 4) is 34.2 Å². The molecule has 2 amide bonds. The number of amides is 2. The molecule has 0 radical (unpaired) electrons. The number of carboxylic acid groups (broad SMARTS) is 1. The third-order valence-corrected chi connectivity index (χ3v) is 15.6. The summed E-state index contributed by atoms with van der Waals surface area (Å²) in [5.41, 5.74) is 12.9. The Hall–Kier alpha value is -8.59. The number of aromatic carboxylic acids is 1. The van der Waals surface area contributed by atoms with E-state index in [1.807, 2.05) is 35.9 Å². The number of pyridine rings is 5. The molecule has 12 rings (SSSR count). The number of carbonyl (C=O) groups excluding carboxylic acids is 3. The monoisotopic (exact) mass is 1500 g/mol. The third kappa shape index (κ3) is 21.5. The second-order valence-electron chi connectivity index (χ2n) is 20.2. The van der Waals surface area contributed by atoms with Gasteiger partial charge in [0, 0.05) is 84.5 Å². The highest BCUT2D eigenvalue weighted by molar-refractivity contribution is 6.59. The molecule has 6 N–H and O–H groups in total. The van der Waals surface area contributed by atoms with Gasteiger partial charge < -0.3 is 25.6 Å². The highest BCUT2D eigenvalue weighted by Gasteiger charge is 2.27. The highest BCUT2D eigenvalue weighted by Crippen LogP contribution is 2.36. The van der Waals surface area contributed by atoms with Crippen LogP contribution in [0.3, 0.4) is 0 Å². The van der Waals surface area contributed by atoms with Gasteiger partial charge in [0.15, 0.2) is 11.5 Å². The lowest BCUT2D eigenvalue weighted by Gasteiger charge is -2.13. The quantitative estimate of drug-likeness (QED) is 0.0292. The Kier molecular flexibility index (Phi) is 29.9. The van der Waals surface area contributed by atoms with Crippen LogP contribution < -0.4 is 15.9 Å². The van der Waals surface area contributed by atoms with Crippen LogP contribution in [0, 0.1) is 5.92 Å². The number of hydrogen-bond donors (Lipinski definition) is 5. The first-order valence-electron chi connectivity index (χ1n) is 29.2. The number of nitrogens with one attached hydrogen (secondary N) is 1. The fraction of sp³-hybridized carbons (Fsp3) is 0.262. The average molecular weight is 1500 g/mol. The number of halogens is 8. The Balaban J connectivity index is 0.000000187. The zero-order valence-electron chi connectivity index (χ0n) is 53.6. The number of aryl methyl sites for hydroxylation is 4. The molecule has 0 unspecified atom stereocenters. The molecule has 37 heteroatoms. The van der Waals surface area contributed by atoms with Gasteiger partial charge in [0.2, 0.25) is 17.6 Å². The number of hydroxylamine groups is 2. The smallest absolute Gasteiger partial charge is 0.488 e. The first-order chi connectivity index (χ1) is 46.7. The minimum absolute atomic E-state index is 0.0239. The fourth-order valence-corrected chi connectivity index (χ4v) is 10.2. The molecule has 0 atom stereocenters. The van der Waals surface area contributed by atoms with Gasteiger partial charge in [0.1, 0.15) is 31.5 Å². The Morgan fingerprint density at radius 2 is 1.16 bits per heavy atom. The molecule has 0 aliphatic heterocycles. The van der Waals surface area contributed by atoms with E-state index >= 15 is 0 Å². The van der Waals surface area contributed by atoms with Crippen LogP contribution in [0.15, 0.2) is 97.7 Å². The summed E-state index contributed by atoms with van der Waals surface area (Å²) in [6, 6.07) is 18.7. The number of primary amides is 1. The van der Waals surface area contributed by atoms with Crippen LogP contribution in [-0.2, 0) is 43.0 Å². The number of H-pyrrole nitrogens is 1. The topological polar surface area (TPSA) is 375 Å². The number of aromatic amines is 1. The van der Waals surface area contributed by atoms with E-state index in [1.165, 1.54) is 54.3 Å². The summed E-state index contributed by atoms with van der Waals surface area (Å²) in [6.45, 7) is 7.84. The molecule has 1 fully saturated rings. The summed E-state index contributed by atoms with van der Waals surface area (Å²) < 4.78 is 7.51. The predicted octanol–water partition coefficient (Wildman–Crippen LogP) is 11.1. The standard InChI is InChI=1S/C17H16ClN7O.C10H13BN4O2.C8H8Cl2N2O2.C8H7Cl2NO.C8H8ClN3.C6H3Cl2NO2.C4H7NO/c1-4-12-11-9-19-15(18)8-14(11)25(21-12)13-7-5-6-10(16(13)26-3)17-20-23-24(2)22-17;1-3-7-8(10-12-14-15(2)13-10)5-4-6-9(7)11(16)17;1-12(14-2)8(13)5-4-11-7(10)3-6(5)9;1-2-7(12)5-4-11-8(10)3-6(5)9;1-2-6-5-4-10-8(9)3-7(5)12-11-6;7-4-1-5(8)9-2-3(4)6(10)11;5-4(6)3-1-2-3/h5-9H,4H2,1-3H3;4-6,16-17H,3H2,1-2H3;3-4H,1-2H3;3-4H,2H2,1H3;3-4H,2H2,1H3,(H,11,12);1-2H,(H,10,11);3H,1-2H2,(H2,5,6). The van der Waals surface area contributed by atoms with Gasteiger partial charge in [-0.15, -0.1) is 20.4 Å². The van der Waals surface area contributed by atoms with Crippen LogP contribution in [0.2, 0.25) is 40.8 Å². The maximum atomic E-state index is 11.5. The number of ether oxygens (including phenoxy) is 1. The number of carboxylic acids is 1. The number of para-hydroxylation sites is 1. The van der Waals surface area contributed by atoms with Crippen molar-refractivity contribution in [2.24, 2.45) is 25.7 Å². The van der Waals surface area contributed by atoms with E-state index in [-0.39, 0.29) is 55.0 Å². The molecule has 1 aliphatic carbocycles. The summed E-state index contributed by atoms with van der Waals surface area (Å²) in [6.07, 6.45) is 12.2. The number of nitrogens with zero attached hydrogens (tertiary/aromatic N) is 17. The predicted molar refractivity (Wildman–Crippen MR) is 375 cm³/mol. The van der Waals surface area contributed by atoms with Crippen LogP contribution in [0.4, 0.5) is 0 Å². The summed E-state index contributed by atoms with van der Waals surface area (Å²) in [5.74, 6) is 0.190. The number of rotatable bonds is 14. The van der Waals surface area contributed by atoms with E-state index < -0.39 is 13.1 Å².